The second kappa shape index (κ2) is 5.63. The van der Waals surface area contributed by atoms with E-state index in [2.05, 4.69) is 0 Å². The molecule has 1 heterocycles. The van der Waals surface area contributed by atoms with Crippen molar-refractivity contribution < 1.29 is 14.5 Å². The second-order valence-electron chi connectivity index (χ2n) is 6.84. The maximum atomic E-state index is 12.7. The Hall–Kier alpha value is -2.34. The molecule has 0 bridgehead atoms. The van der Waals surface area contributed by atoms with Gasteiger partial charge in [-0.15, -0.1) is 0 Å². The molecule has 0 saturated heterocycles. The number of nitro groups is 1. The van der Waals surface area contributed by atoms with Crippen LogP contribution in [0.3, 0.4) is 0 Å². The number of nitrogens with two attached hydrogens (primary N) is 1. The van der Waals surface area contributed by atoms with Gasteiger partial charge >= 0.3 is 5.70 Å². The van der Waals surface area contributed by atoms with Crippen LogP contribution in [0.2, 0.25) is 5.02 Å². The van der Waals surface area contributed by atoms with E-state index >= 15 is 0 Å². The van der Waals surface area contributed by atoms with E-state index in [-0.39, 0.29) is 22.8 Å². The van der Waals surface area contributed by atoms with E-state index in [0.717, 1.165) is 0 Å². The monoisotopic (exact) mass is 348 g/mol. The molecule has 0 spiro atoms. The van der Waals surface area contributed by atoms with Crippen LogP contribution in [0.25, 0.3) is 0 Å². The van der Waals surface area contributed by atoms with Crippen molar-refractivity contribution >= 4 is 17.4 Å². The number of hydrogen-bond acceptors (Lipinski definition) is 5. The van der Waals surface area contributed by atoms with Gasteiger partial charge in [0.25, 0.3) is 5.88 Å². The molecule has 0 saturated carbocycles. The summed E-state index contributed by atoms with van der Waals surface area (Å²) in [6.45, 7) is 3.90. The molecule has 0 fully saturated rings. The van der Waals surface area contributed by atoms with Gasteiger partial charge < -0.3 is 10.5 Å². The van der Waals surface area contributed by atoms with Gasteiger partial charge in [0, 0.05) is 17.9 Å². The molecule has 1 aromatic carbocycles. The number of Topliss-reactive ketones (excluding diaryl/α,β-unsaturated/α-hetero) is 1. The number of rotatable bonds is 2. The van der Waals surface area contributed by atoms with Crippen molar-refractivity contribution in [2.24, 2.45) is 11.1 Å². The van der Waals surface area contributed by atoms with Crippen LogP contribution in [0.1, 0.15) is 38.2 Å². The van der Waals surface area contributed by atoms with E-state index in [1.165, 1.54) is 0 Å². The highest BCUT2D eigenvalue weighted by Gasteiger charge is 2.47. The Morgan fingerprint density at radius 3 is 2.62 bits per heavy atom. The molecule has 24 heavy (non-hydrogen) atoms. The lowest BCUT2D eigenvalue weighted by molar-refractivity contribution is -0.433. The zero-order valence-electron chi connectivity index (χ0n) is 13.3. The van der Waals surface area contributed by atoms with Crippen LogP contribution < -0.4 is 5.73 Å². The number of carbonyl (C=O) groups is 1. The molecule has 126 valence electrons. The predicted molar refractivity (Wildman–Crippen MR) is 88.5 cm³/mol. The third-order valence-corrected chi connectivity index (χ3v) is 4.68. The summed E-state index contributed by atoms with van der Waals surface area (Å²) in [5.41, 5.74) is 5.98. The first-order chi connectivity index (χ1) is 11.2. The van der Waals surface area contributed by atoms with E-state index < -0.39 is 10.8 Å². The number of ketones is 1. The Balaban J connectivity index is 2.24. The van der Waals surface area contributed by atoms with E-state index in [1.807, 2.05) is 13.8 Å². The maximum Gasteiger partial charge on any atom is 0.317 e. The minimum atomic E-state index is -0.916. The summed E-state index contributed by atoms with van der Waals surface area (Å²) >= 11 is 6.25. The smallest absolute Gasteiger partial charge is 0.317 e. The van der Waals surface area contributed by atoms with Gasteiger partial charge in [-0.3, -0.25) is 14.9 Å². The lowest BCUT2D eigenvalue weighted by Crippen LogP contribution is -2.35. The van der Waals surface area contributed by atoms with Crippen LogP contribution in [-0.4, -0.2) is 10.7 Å². The summed E-state index contributed by atoms with van der Waals surface area (Å²) in [4.78, 5) is 23.7. The van der Waals surface area contributed by atoms with Crippen LogP contribution in [0.15, 0.2) is 47.2 Å². The molecule has 0 aromatic heterocycles. The average molecular weight is 349 g/mol. The van der Waals surface area contributed by atoms with Crippen LogP contribution in [0.4, 0.5) is 0 Å². The summed E-state index contributed by atoms with van der Waals surface area (Å²) in [7, 11) is 0. The van der Waals surface area contributed by atoms with E-state index in [0.29, 0.717) is 34.8 Å². The van der Waals surface area contributed by atoms with Crippen molar-refractivity contribution in [3.05, 3.63) is 67.9 Å². The maximum absolute atomic E-state index is 12.7. The number of hydrogen-bond donors (Lipinski definition) is 1. The van der Waals surface area contributed by atoms with Crippen molar-refractivity contribution in [3.8, 4) is 0 Å². The molecule has 3 rings (SSSR count). The van der Waals surface area contributed by atoms with Gasteiger partial charge in [-0.1, -0.05) is 43.6 Å². The molecule has 1 atom stereocenters. The summed E-state index contributed by atoms with van der Waals surface area (Å²) in [5.74, 6) is -0.961. The van der Waals surface area contributed by atoms with Gasteiger partial charge in [0.15, 0.2) is 5.78 Å². The highest BCUT2D eigenvalue weighted by atomic mass is 35.5. The standard InChI is InChI=1S/C17H17ClN2O4/c1-17(2)7-11(21)14-12(8-17)24-16(19)15(20(22)23)13(14)9-5-3-4-6-10(9)18/h3-6,13H,7-8,19H2,1-2H3. The number of benzene rings is 1. The fourth-order valence-corrected chi connectivity index (χ4v) is 3.61. The minimum absolute atomic E-state index is 0.169. The Morgan fingerprint density at radius 2 is 2.00 bits per heavy atom. The summed E-state index contributed by atoms with van der Waals surface area (Å²) in [6, 6.07) is 6.76. The Kier molecular flexibility index (Phi) is 3.87. The SMILES string of the molecule is CC1(C)CC(=O)C2=C(C1)OC(N)=C([N+](=O)[O-])C2c1ccccc1Cl. The first kappa shape index (κ1) is 16.5. The first-order valence-corrected chi connectivity index (χ1v) is 7.91. The zero-order valence-corrected chi connectivity index (χ0v) is 14.1. The minimum Gasteiger partial charge on any atom is -0.440 e. The molecular weight excluding hydrogens is 332 g/mol. The quantitative estimate of drug-likeness (QED) is 0.651. The van der Waals surface area contributed by atoms with Gasteiger partial charge in [0.1, 0.15) is 11.7 Å². The zero-order chi connectivity index (χ0) is 17.6. The summed E-state index contributed by atoms with van der Waals surface area (Å²) < 4.78 is 5.49. The van der Waals surface area contributed by atoms with Crippen molar-refractivity contribution in [2.75, 3.05) is 0 Å². The molecule has 0 amide bonds. The van der Waals surface area contributed by atoms with Crippen LogP contribution in [0.5, 0.6) is 0 Å². The Bertz CT molecular complexity index is 811. The average Bonchev–Trinajstić information content (AvgIpc) is 2.44. The lowest BCUT2D eigenvalue weighted by Gasteiger charge is -2.36. The molecule has 7 heteroatoms. The topological polar surface area (TPSA) is 95.5 Å². The van der Waals surface area contributed by atoms with Gasteiger partial charge in [0.2, 0.25) is 0 Å². The van der Waals surface area contributed by atoms with Crippen LogP contribution in [0, 0.1) is 15.5 Å². The fourth-order valence-electron chi connectivity index (χ4n) is 3.36. The number of halogens is 1. The molecule has 1 unspecified atom stereocenters. The van der Waals surface area contributed by atoms with E-state index in [9.17, 15) is 14.9 Å². The molecule has 1 aliphatic heterocycles. The highest BCUT2D eigenvalue weighted by molar-refractivity contribution is 6.31. The van der Waals surface area contributed by atoms with Crippen molar-refractivity contribution in [1.82, 2.24) is 0 Å². The highest BCUT2D eigenvalue weighted by Crippen LogP contribution is 2.49. The Labute approximate surface area is 144 Å². The predicted octanol–water partition coefficient (Wildman–Crippen LogP) is 3.50. The van der Waals surface area contributed by atoms with E-state index in [4.69, 9.17) is 22.1 Å². The molecule has 1 aromatic rings. The second-order valence-corrected chi connectivity index (χ2v) is 7.25. The summed E-state index contributed by atoms with van der Waals surface area (Å²) in [6.07, 6.45) is 0.780. The summed E-state index contributed by atoms with van der Waals surface area (Å²) in [5, 5.41) is 11.9. The first-order valence-electron chi connectivity index (χ1n) is 7.54. The molecule has 1 aliphatic carbocycles. The van der Waals surface area contributed by atoms with Crippen molar-refractivity contribution in [1.29, 1.82) is 0 Å². The van der Waals surface area contributed by atoms with Gasteiger partial charge in [0.05, 0.1) is 10.5 Å². The van der Waals surface area contributed by atoms with Gasteiger partial charge in [-0.25, -0.2) is 0 Å². The molecule has 2 aliphatic rings. The van der Waals surface area contributed by atoms with E-state index in [1.54, 1.807) is 24.3 Å². The normalized spacial score (nSPS) is 23.0. The van der Waals surface area contributed by atoms with Gasteiger partial charge in [-0.2, -0.15) is 0 Å². The van der Waals surface area contributed by atoms with Crippen LogP contribution >= 0.6 is 11.6 Å². The van der Waals surface area contributed by atoms with Crippen molar-refractivity contribution in [3.63, 3.8) is 0 Å². The van der Waals surface area contributed by atoms with Crippen molar-refractivity contribution in [2.45, 2.75) is 32.6 Å². The third-order valence-electron chi connectivity index (χ3n) is 4.34. The molecular formula is C17H17ClN2O4. The van der Waals surface area contributed by atoms with Gasteiger partial charge in [-0.05, 0) is 17.0 Å². The number of allylic oxidation sites excluding steroid dienone is 2. The number of nitrogens with zero attached hydrogens (tertiary/aromatic N) is 1. The third kappa shape index (κ3) is 2.67. The van der Waals surface area contributed by atoms with Crippen LogP contribution in [-0.2, 0) is 9.53 Å². The molecule has 0 radical (unpaired) electrons. The number of ether oxygens (including phenoxy) is 1. The molecule has 2 N–H and O–H groups in total. The lowest BCUT2D eigenvalue weighted by atomic mass is 9.71. The number of carbonyl (C=O) groups excluding carboxylic acids is 1. The molecule has 6 nitrogen and oxygen atoms in total. The Morgan fingerprint density at radius 1 is 1.33 bits per heavy atom. The largest absolute Gasteiger partial charge is 0.440 e. The fraction of sp³-hybridized carbons (Fsp3) is 0.353.